The summed E-state index contributed by atoms with van der Waals surface area (Å²) in [6, 6.07) is 8.01. The molecule has 0 amide bonds. The number of aryl methyl sites for hydroxylation is 4. The minimum absolute atomic E-state index is 0.0691. The summed E-state index contributed by atoms with van der Waals surface area (Å²) in [7, 11) is -3.41. The van der Waals surface area contributed by atoms with Crippen LogP contribution in [-0.4, -0.2) is 75.9 Å². The second kappa shape index (κ2) is 15.2. The van der Waals surface area contributed by atoms with Crippen molar-refractivity contribution in [2.45, 2.75) is 85.1 Å². The Morgan fingerprint density at radius 1 is 0.952 bits per heavy atom. The van der Waals surface area contributed by atoms with E-state index in [2.05, 4.69) is 15.5 Å². The number of piperidine rings is 1. The number of aliphatic hydroxyl groups is 1. The maximum Gasteiger partial charge on any atom is 0.295 e. The van der Waals surface area contributed by atoms with Crippen LogP contribution in [0.4, 0.5) is 0 Å². The first kappa shape index (κ1) is 32.3. The summed E-state index contributed by atoms with van der Waals surface area (Å²) in [5.41, 5.74) is 3.79. The maximum absolute atomic E-state index is 13.5. The molecule has 42 heavy (non-hydrogen) atoms. The first-order valence-electron chi connectivity index (χ1n) is 15.5. The number of hydrogen-bond donors (Lipinski definition) is 2. The predicted octanol–water partition coefficient (Wildman–Crippen LogP) is 3.86. The summed E-state index contributed by atoms with van der Waals surface area (Å²) in [6.45, 7) is 9.43. The Morgan fingerprint density at radius 3 is 2.36 bits per heavy atom. The van der Waals surface area contributed by atoms with Gasteiger partial charge in [-0.1, -0.05) is 37.0 Å². The van der Waals surface area contributed by atoms with Crippen molar-refractivity contribution in [3.63, 3.8) is 0 Å². The van der Waals surface area contributed by atoms with Crippen LogP contribution in [0.1, 0.15) is 74.7 Å². The Morgan fingerprint density at radius 2 is 1.64 bits per heavy atom. The SMILES string of the molecule is Cc1ccc(-n2nc3c(=O)n(CCCCS(=O)(=O)N(CCCCCCCO)CC4CCNCC4)nc(C)c3c2C)cc1. The molecule has 3 heterocycles. The van der Waals surface area contributed by atoms with Crippen LogP contribution >= 0.6 is 0 Å². The molecule has 1 saturated heterocycles. The maximum atomic E-state index is 13.5. The van der Waals surface area contributed by atoms with Gasteiger partial charge >= 0.3 is 0 Å². The average molecular weight is 601 g/mol. The van der Waals surface area contributed by atoms with Crippen LogP contribution < -0.4 is 10.9 Å². The van der Waals surface area contributed by atoms with Crippen molar-refractivity contribution in [2.75, 3.05) is 38.5 Å². The van der Waals surface area contributed by atoms with Crippen molar-refractivity contribution >= 4 is 20.9 Å². The molecule has 3 aromatic rings. The van der Waals surface area contributed by atoms with E-state index in [1.807, 2.05) is 45.0 Å². The number of aromatic nitrogens is 4. The lowest BCUT2D eigenvalue weighted by molar-refractivity contribution is 0.277. The molecule has 0 spiro atoms. The van der Waals surface area contributed by atoms with Gasteiger partial charge in [-0.05, 0) is 90.4 Å². The third-order valence-corrected chi connectivity index (χ3v) is 10.3. The molecule has 2 N–H and O–H groups in total. The number of nitrogens with zero attached hydrogens (tertiary/aromatic N) is 5. The van der Waals surface area contributed by atoms with Crippen LogP contribution in [0, 0.1) is 26.7 Å². The van der Waals surface area contributed by atoms with E-state index in [0.29, 0.717) is 43.9 Å². The highest BCUT2D eigenvalue weighted by Gasteiger charge is 2.26. The van der Waals surface area contributed by atoms with Crippen LogP contribution in [0.3, 0.4) is 0 Å². The summed E-state index contributed by atoms with van der Waals surface area (Å²) in [5, 5.41) is 22.3. The van der Waals surface area contributed by atoms with E-state index in [0.717, 1.165) is 86.1 Å². The number of hydrogen-bond acceptors (Lipinski definition) is 7. The lowest BCUT2D eigenvalue weighted by atomic mass is 9.98. The van der Waals surface area contributed by atoms with Crippen molar-refractivity contribution in [3.8, 4) is 5.69 Å². The molecule has 10 nitrogen and oxygen atoms in total. The lowest BCUT2D eigenvalue weighted by Crippen LogP contribution is -2.40. The predicted molar refractivity (Wildman–Crippen MR) is 168 cm³/mol. The van der Waals surface area contributed by atoms with Gasteiger partial charge in [0.05, 0.1) is 28.2 Å². The van der Waals surface area contributed by atoms with Gasteiger partial charge < -0.3 is 10.4 Å². The quantitative estimate of drug-likeness (QED) is 0.240. The van der Waals surface area contributed by atoms with Crippen LogP contribution in [0.25, 0.3) is 16.6 Å². The monoisotopic (exact) mass is 600 g/mol. The minimum atomic E-state index is -3.41. The highest BCUT2D eigenvalue weighted by atomic mass is 32.2. The molecule has 232 valence electrons. The third-order valence-electron chi connectivity index (χ3n) is 8.37. The molecular formula is C31H48N6O4S. The minimum Gasteiger partial charge on any atom is -0.396 e. The Hall–Kier alpha value is -2.60. The second-order valence-corrected chi connectivity index (χ2v) is 13.8. The fourth-order valence-electron chi connectivity index (χ4n) is 5.87. The first-order valence-corrected chi connectivity index (χ1v) is 17.2. The van der Waals surface area contributed by atoms with Crippen molar-refractivity contribution in [1.29, 1.82) is 0 Å². The molecule has 1 aromatic carbocycles. The number of nitrogens with one attached hydrogen (secondary N) is 1. The topological polar surface area (TPSA) is 122 Å². The van der Waals surface area contributed by atoms with Crippen molar-refractivity contribution < 1.29 is 13.5 Å². The van der Waals surface area contributed by atoms with E-state index in [1.54, 1.807) is 8.99 Å². The van der Waals surface area contributed by atoms with Crippen molar-refractivity contribution in [2.24, 2.45) is 5.92 Å². The van der Waals surface area contributed by atoms with E-state index in [1.165, 1.54) is 4.68 Å². The summed E-state index contributed by atoms with van der Waals surface area (Å²) < 4.78 is 31.9. The van der Waals surface area contributed by atoms with Gasteiger partial charge in [0.1, 0.15) is 0 Å². The van der Waals surface area contributed by atoms with Gasteiger partial charge in [0.15, 0.2) is 5.52 Å². The molecule has 4 rings (SSSR count). The first-order chi connectivity index (χ1) is 20.2. The largest absolute Gasteiger partial charge is 0.396 e. The number of benzene rings is 1. The van der Waals surface area contributed by atoms with Gasteiger partial charge in [0.2, 0.25) is 10.0 Å². The molecule has 1 aliphatic heterocycles. The molecule has 0 unspecified atom stereocenters. The zero-order valence-corrected chi connectivity index (χ0v) is 26.3. The zero-order valence-electron chi connectivity index (χ0n) is 25.5. The van der Waals surface area contributed by atoms with Gasteiger partial charge in [-0.15, -0.1) is 0 Å². The second-order valence-electron chi connectivity index (χ2n) is 11.7. The van der Waals surface area contributed by atoms with Gasteiger partial charge in [-0.3, -0.25) is 4.79 Å². The van der Waals surface area contributed by atoms with Crippen molar-refractivity contribution in [1.82, 2.24) is 29.2 Å². The summed E-state index contributed by atoms with van der Waals surface area (Å²) >= 11 is 0. The van der Waals surface area contributed by atoms with Crippen LogP contribution in [0.2, 0.25) is 0 Å². The molecular weight excluding hydrogens is 552 g/mol. The van der Waals surface area contributed by atoms with Crippen molar-refractivity contribution in [3.05, 3.63) is 51.6 Å². The normalized spacial score (nSPS) is 14.8. The number of rotatable bonds is 16. The molecule has 1 fully saturated rings. The summed E-state index contributed by atoms with van der Waals surface area (Å²) in [6.07, 6.45) is 7.58. The van der Waals surface area contributed by atoms with E-state index in [-0.39, 0.29) is 17.9 Å². The summed E-state index contributed by atoms with van der Waals surface area (Å²) in [4.78, 5) is 13.3. The molecule has 0 saturated carbocycles. The van der Waals surface area contributed by atoms with E-state index in [4.69, 9.17) is 5.11 Å². The Kier molecular flexibility index (Phi) is 11.7. The molecule has 2 aromatic heterocycles. The van der Waals surface area contributed by atoms with Gasteiger partial charge in [0.25, 0.3) is 5.56 Å². The molecule has 0 aliphatic carbocycles. The van der Waals surface area contributed by atoms with E-state index >= 15 is 0 Å². The van der Waals surface area contributed by atoms with Gasteiger partial charge in [0, 0.05) is 26.2 Å². The number of fused-ring (bicyclic) bond motifs is 1. The molecule has 0 bridgehead atoms. The van der Waals surface area contributed by atoms with E-state index in [9.17, 15) is 13.2 Å². The Labute approximate surface area is 250 Å². The van der Waals surface area contributed by atoms with Crippen LogP contribution in [0.5, 0.6) is 0 Å². The standard InChI is InChI=1S/C31H48N6O4S/c1-24-11-13-28(14-12-24)37-26(3)29-25(2)33-36(31(39)30(29)34-37)20-8-10-22-42(40,41)35(19-7-5-4-6-9-21-38)23-27-15-17-32-18-16-27/h11-14,27,32,38H,4-10,15-23H2,1-3H3. The lowest BCUT2D eigenvalue weighted by Gasteiger charge is -2.29. The van der Waals surface area contributed by atoms with Crippen LogP contribution in [0.15, 0.2) is 29.1 Å². The van der Waals surface area contributed by atoms with Gasteiger partial charge in [-0.25, -0.2) is 22.1 Å². The molecule has 0 atom stereocenters. The molecule has 0 radical (unpaired) electrons. The summed E-state index contributed by atoms with van der Waals surface area (Å²) in [5.74, 6) is 0.454. The molecule has 1 aliphatic rings. The number of aliphatic hydroxyl groups excluding tert-OH is 1. The fourth-order valence-corrected chi connectivity index (χ4v) is 7.55. The van der Waals surface area contributed by atoms with E-state index < -0.39 is 10.0 Å². The average Bonchev–Trinajstić information content (AvgIpc) is 3.33. The highest BCUT2D eigenvalue weighted by molar-refractivity contribution is 7.89. The highest BCUT2D eigenvalue weighted by Crippen LogP contribution is 2.22. The Bertz CT molecular complexity index is 1460. The third kappa shape index (κ3) is 8.27. The number of unbranched alkanes of at least 4 members (excludes halogenated alkanes) is 5. The molecule has 11 heteroatoms. The Balaban J connectivity index is 1.39. The van der Waals surface area contributed by atoms with Crippen LogP contribution in [-0.2, 0) is 16.6 Å². The number of sulfonamides is 1. The fraction of sp³-hybridized carbons (Fsp3) is 0.645. The van der Waals surface area contributed by atoms with Gasteiger partial charge in [-0.2, -0.15) is 10.2 Å². The smallest absolute Gasteiger partial charge is 0.295 e. The zero-order chi connectivity index (χ0) is 30.1.